The second kappa shape index (κ2) is 7.31. The Morgan fingerprint density at radius 1 is 1.25 bits per heavy atom. The first-order valence-electron chi connectivity index (χ1n) is 10.8. The minimum Gasteiger partial charge on any atom is -0.351 e. The van der Waals surface area contributed by atoms with Crippen LogP contribution in [0.2, 0.25) is 0 Å². The highest BCUT2D eigenvalue weighted by Gasteiger charge is 2.47. The average molecular weight is 448 g/mol. The largest absolute Gasteiger partial charge is 0.471 e. The van der Waals surface area contributed by atoms with Crippen LogP contribution < -0.4 is 5.32 Å². The number of benzene rings is 1. The monoisotopic (exact) mass is 448 g/mol. The summed E-state index contributed by atoms with van der Waals surface area (Å²) < 4.78 is 42.6. The van der Waals surface area contributed by atoms with Crippen LogP contribution >= 0.6 is 0 Å². The van der Waals surface area contributed by atoms with Crippen LogP contribution in [0, 0.1) is 5.41 Å². The molecule has 1 aromatic carbocycles. The van der Waals surface area contributed by atoms with Crippen LogP contribution in [0.3, 0.4) is 0 Å². The van der Waals surface area contributed by atoms with Crippen LogP contribution in [0.1, 0.15) is 67.3 Å². The zero-order valence-corrected chi connectivity index (χ0v) is 17.5. The molecule has 5 rings (SSSR count). The summed E-state index contributed by atoms with van der Waals surface area (Å²) in [5.41, 5.74) is 1.22. The van der Waals surface area contributed by atoms with Crippen LogP contribution in [0.4, 0.5) is 13.2 Å². The van der Waals surface area contributed by atoms with Gasteiger partial charge >= 0.3 is 12.1 Å². The molecule has 32 heavy (non-hydrogen) atoms. The van der Waals surface area contributed by atoms with E-state index in [2.05, 4.69) is 20.0 Å². The Balaban J connectivity index is 1.36. The molecule has 0 radical (unpaired) electrons. The summed E-state index contributed by atoms with van der Waals surface area (Å²) in [6, 6.07) is 4.62. The summed E-state index contributed by atoms with van der Waals surface area (Å²) in [6.45, 7) is 2.36. The van der Waals surface area contributed by atoms with Gasteiger partial charge in [0.15, 0.2) is 0 Å². The molecule has 0 unspecified atom stereocenters. The highest BCUT2D eigenvalue weighted by Crippen LogP contribution is 2.45. The molecular formula is C22H23F3N4O3. The summed E-state index contributed by atoms with van der Waals surface area (Å²) in [7, 11) is 0. The number of alkyl halides is 3. The van der Waals surface area contributed by atoms with Gasteiger partial charge in [0.25, 0.3) is 5.91 Å². The predicted molar refractivity (Wildman–Crippen MR) is 106 cm³/mol. The Bertz CT molecular complexity index is 1080. The molecule has 0 saturated heterocycles. The van der Waals surface area contributed by atoms with E-state index in [1.807, 2.05) is 6.92 Å². The number of hydrogen-bond donors (Lipinski definition) is 1. The molecule has 2 atom stereocenters. The van der Waals surface area contributed by atoms with Gasteiger partial charge in [-0.2, -0.15) is 18.2 Å². The number of nitrogens with zero attached hydrogens (tertiary/aromatic N) is 3. The van der Waals surface area contributed by atoms with Gasteiger partial charge in [0, 0.05) is 29.1 Å². The van der Waals surface area contributed by atoms with Gasteiger partial charge in [0.05, 0.1) is 6.04 Å². The fourth-order valence-electron chi connectivity index (χ4n) is 4.60. The molecule has 0 spiro atoms. The van der Waals surface area contributed by atoms with E-state index in [0.29, 0.717) is 12.1 Å². The van der Waals surface area contributed by atoms with Crippen molar-refractivity contribution in [2.45, 2.75) is 70.3 Å². The number of aromatic nitrogens is 2. The van der Waals surface area contributed by atoms with E-state index in [1.165, 1.54) is 6.07 Å². The standard InChI is InChI=1S/C22H23F3N4O3/c1-21(8-9-21)19(31)26-15-4-2-3-5-16(15)29-11-13-7-6-12(10-14(13)18(29)30)17-27-20(32-28-17)22(23,24)25/h6-7,10,15-16H,2-5,8-9,11H2,1H3,(H,26,31)/t15-,16-/m1/s1. The Morgan fingerprint density at radius 3 is 2.69 bits per heavy atom. The van der Waals surface area contributed by atoms with Crippen molar-refractivity contribution in [2.24, 2.45) is 5.41 Å². The minimum atomic E-state index is -4.73. The Morgan fingerprint density at radius 2 is 2.00 bits per heavy atom. The topological polar surface area (TPSA) is 88.3 Å². The molecule has 1 N–H and O–H groups in total. The van der Waals surface area contributed by atoms with E-state index in [0.717, 1.165) is 44.1 Å². The molecule has 7 nitrogen and oxygen atoms in total. The fraction of sp³-hybridized carbons (Fsp3) is 0.545. The maximum absolute atomic E-state index is 13.3. The van der Waals surface area contributed by atoms with E-state index in [-0.39, 0.29) is 40.7 Å². The lowest BCUT2D eigenvalue weighted by Crippen LogP contribution is -2.54. The average Bonchev–Trinajstić information content (AvgIpc) is 3.19. The third-order valence-electron chi connectivity index (χ3n) is 6.86. The van der Waals surface area contributed by atoms with Crippen molar-refractivity contribution in [3.05, 3.63) is 35.2 Å². The molecule has 2 amide bonds. The number of halogens is 3. The number of hydrogen-bond acceptors (Lipinski definition) is 5. The molecule has 3 aliphatic rings. The van der Waals surface area contributed by atoms with Gasteiger partial charge in [-0.1, -0.05) is 37.1 Å². The van der Waals surface area contributed by atoms with Crippen molar-refractivity contribution in [1.82, 2.24) is 20.4 Å². The lowest BCUT2D eigenvalue weighted by molar-refractivity contribution is -0.159. The van der Waals surface area contributed by atoms with Gasteiger partial charge in [-0.25, -0.2) is 0 Å². The van der Waals surface area contributed by atoms with Crippen molar-refractivity contribution < 1.29 is 27.3 Å². The van der Waals surface area contributed by atoms with E-state index in [4.69, 9.17) is 0 Å². The van der Waals surface area contributed by atoms with Crippen LogP contribution in [-0.2, 0) is 17.5 Å². The highest BCUT2D eigenvalue weighted by molar-refractivity contribution is 5.99. The first kappa shape index (κ1) is 21.0. The summed E-state index contributed by atoms with van der Waals surface area (Å²) in [5, 5.41) is 6.59. The fourth-order valence-corrected chi connectivity index (χ4v) is 4.60. The summed E-state index contributed by atoms with van der Waals surface area (Å²) >= 11 is 0. The highest BCUT2D eigenvalue weighted by atomic mass is 19.4. The van der Waals surface area contributed by atoms with E-state index in [1.54, 1.807) is 17.0 Å². The van der Waals surface area contributed by atoms with Gasteiger partial charge < -0.3 is 14.7 Å². The third-order valence-corrected chi connectivity index (χ3v) is 6.86. The molecule has 2 aromatic rings. The molecule has 2 heterocycles. The Hall–Kier alpha value is -2.91. The molecule has 2 saturated carbocycles. The van der Waals surface area contributed by atoms with Crippen molar-refractivity contribution in [1.29, 1.82) is 0 Å². The SMILES string of the molecule is CC1(C(=O)N[C@@H]2CCCC[C@H]2N2Cc3ccc(-c4noc(C(F)(F)F)n4)cc3C2=O)CC1. The molecular weight excluding hydrogens is 425 g/mol. The smallest absolute Gasteiger partial charge is 0.351 e. The number of nitrogens with one attached hydrogen (secondary N) is 1. The van der Waals surface area contributed by atoms with Gasteiger partial charge in [0.2, 0.25) is 11.7 Å². The number of carbonyl (C=O) groups excluding carboxylic acids is 2. The van der Waals surface area contributed by atoms with Crippen LogP contribution in [0.5, 0.6) is 0 Å². The van der Waals surface area contributed by atoms with Crippen molar-refractivity contribution in [3.63, 3.8) is 0 Å². The summed E-state index contributed by atoms with van der Waals surface area (Å²) in [6.07, 6.45) is 0.638. The Labute approximate surface area is 182 Å². The van der Waals surface area contributed by atoms with Gasteiger partial charge in [-0.05, 0) is 37.3 Å². The van der Waals surface area contributed by atoms with Crippen molar-refractivity contribution in [2.75, 3.05) is 0 Å². The molecule has 1 aromatic heterocycles. The van der Waals surface area contributed by atoms with Crippen LogP contribution in [0.25, 0.3) is 11.4 Å². The molecule has 10 heteroatoms. The number of carbonyl (C=O) groups is 2. The number of fused-ring (bicyclic) bond motifs is 1. The second-order valence-corrected chi connectivity index (χ2v) is 9.22. The van der Waals surface area contributed by atoms with E-state index < -0.39 is 12.1 Å². The van der Waals surface area contributed by atoms with Crippen molar-refractivity contribution >= 4 is 11.8 Å². The summed E-state index contributed by atoms with van der Waals surface area (Å²) in [5.74, 6) is -1.78. The molecule has 2 aliphatic carbocycles. The summed E-state index contributed by atoms with van der Waals surface area (Å²) in [4.78, 5) is 31.1. The van der Waals surface area contributed by atoms with E-state index in [9.17, 15) is 22.8 Å². The van der Waals surface area contributed by atoms with E-state index >= 15 is 0 Å². The quantitative estimate of drug-likeness (QED) is 0.766. The van der Waals surface area contributed by atoms with Gasteiger partial charge in [-0.3, -0.25) is 9.59 Å². The Kier molecular flexibility index (Phi) is 4.79. The van der Waals surface area contributed by atoms with Crippen LogP contribution in [-0.4, -0.2) is 38.9 Å². The predicted octanol–water partition coefficient (Wildman–Crippen LogP) is 3.94. The second-order valence-electron chi connectivity index (χ2n) is 9.22. The maximum atomic E-state index is 13.3. The molecule has 170 valence electrons. The zero-order chi connectivity index (χ0) is 22.7. The normalized spacial score (nSPS) is 24.4. The van der Waals surface area contributed by atoms with Crippen LogP contribution in [0.15, 0.2) is 22.7 Å². The maximum Gasteiger partial charge on any atom is 0.471 e. The molecule has 0 bridgehead atoms. The first-order valence-corrected chi connectivity index (χ1v) is 10.8. The zero-order valence-electron chi connectivity index (χ0n) is 17.5. The molecule has 2 fully saturated rings. The third kappa shape index (κ3) is 3.65. The van der Waals surface area contributed by atoms with Crippen molar-refractivity contribution in [3.8, 4) is 11.4 Å². The number of rotatable bonds is 4. The van der Waals surface area contributed by atoms with Gasteiger partial charge in [0.1, 0.15) is 0 Å². The number of amides is 2. The molecule has 1 aliphatic heterocycles. The lowest BCUT2D eigenvalue weighted by atomic mass is 9.88. The minimum absolute atomic E-state index is 0.0541. The lowest BCUT2D eigenvalue weighted by Gasteiger charge is -2.38. The first-order chi connectivity index (χ1) is 15.2. The van der Waals surface area contributed by atoms with Gasteiger partial charge in [-0.15, -0.1) is 0 Å².